The number of nitrogens with one attached hydrogen (secondary N) is 1. The number of carbonyl (C=O) groups is 2. The summed E-state index contributed by atoms with van der Waals surface area (Å²) in [5.74, 6) is 0.577. The van der Waals surface area contributed by atoms with Crippen LogP contribution in [0.5, 0.6) is 0 Å². The van der Waals surface area contributed by atoms with Crippen LogP contribution < -0.4 is 5.32 Å². The number of hydrogen-bond acceptors (Lipinski definition) is 5. The Morgan fingerprint density at radius 3 is 2.48 bits per heavy atom. The summed E-state index contributed by atoms with van der Waals surface area (Å²) < 4.78 is 11.2. The summed E-state index contributed by atoms with van der Waals surface area (Å²) in [6.45, 7) is 12.8. The SMILES string of the molecule is CC(=O)NCC1CN(CC2CCN(C(=O)OC(C)(C)C)CC2)CCO1. The Bertz CT molecular complexity index is 456. The lowest BCUT2D eigenvalue weighted by atomic mass is 9.96. The molecule has 2 amide bonds. The van der Waals surface area contributed by atoms with Crippen LogP contribution in [0.1, 0.15) is 40.5 Å². The molecule has 2 aliphatic heterocycles. The summed E-state index contributed by atoms with van der Waals surface area (Å²) in [6, 6.07) is 0. The number of morpholine rings is 1. The molecular weight excluding hydrogens is 322 g/mol. The maximum Gasteiger partial charge on any atom is 0.410 e. The molecule has 2 rings (SSSR count). The molecule has 0 aromatic rings. The molecule has 7 heteroatoms. The monoisotopic (exact) mass is 355 g/mol. The van der Waals surface area contributed by atoms with Gasteiger partial charge in [0.2, 0.25) is 5.91 Å². The Kier molecular flexibility index (Phi) is 7.07. The van der Waals surface area contributed by atoms with Gasteiger partial charge in [-0.15, -0.1) is 0 Å². The Labute approximate surface area is 151 Å². The van der Waals surface area contributed by atoms with E-state index in [0.717, 1.165) is 45.6 Å². The number of likely N-dealkylation sites (tertiary alicyclic amines) is 1. The van der Waals surface area contributed by atoms with Crippen LogP contribution in [0.25, 0.3) is 0 Å². The molecular formula is C18H33N3O4. The fraction of sp³-hybridized carbons (Fsp3) is 0.889. The lowest BCUT2D eigenvalue weighted by Gasteiger charge is -2.38. The largest absolute Gasteiger partial charge is 0.444 e. The van der Waals surface area contributed by atoms with Gasteiger partial charge in [-0.25, -0.2) is 4.79 Å². The van der Waals surface area contributed by atoms with Crippen LogP contribution in [-0.4, -0.2) is 79.4 Å². The van der Waals surface area contributed by atoms with E-state index in [1.807, 2.05) is 25.7 Å². The zero-order valence-electron chi connectivity index (χ0n) is 16.0. The van der Waals surface area contributed by atoms with E-state index in [4.69, 9.17) is 9.47 Å². The molecule has 0 aliphatic carbocycles. The van der Waals surface area contributed by atoms with E-state index in [2.05, 4.69) is 10.2 Å². The number of piperidine rings is 1. The van der Waals surface area contributed by atoms with Gasteiger partial charge >= 0.3 is 6.09 Å². The van der Waals surface area contributed by atoms with Crippen molar-refractivity contribution in [3.05, 3.63) is 0 Å². The summed E-state index contributed by atoms with van der Waals surface area (Å²) in [5, 5.41) is 2.83. The van der Waals surface area contributed by atoms with Crippen LogP contribution in [0.15, 0.2) is 0 Å². The van der Waals surface area contributed by atoms with E-state index in [1.165, 1.54) is 6.92 Å². The lowest BCUT2D eigenvalue weighted by Crippen LogP contribution is -2.50. The average molecular weight is 355 g/mol. The molecule has 0 aromatic carbocycles. The number of amides is 2. The Morgan fingerprint density at radius 1 is 1.20 bits per heavy atom. The van der Waals surface area contributed by atoms with Gasteiger partial charge in [-0.2, -0.15) is 0 Å². The molecule has 2 fully saturated rings. The molecule has 2 heterocycles. The minimum atomic E-state index is -0.440. The average Bonchev–Trinajstić information content (AvgIpc) is 2.52. The zero-order chi connectivity index (χ0) is 18.4. The molecule has 0 spiro atoms. The zero-order valence-corrected chi connectivity index (χ0v) is 16.0. The van der Waals surface area contributed by atoms with E-state index >= 15 is 0 Å². The smallest absolute Gasteiger partial charge is 0.410 e. The van der Waals surface area contributed by atoms with Crippen LogP contribution in [0.4, 0.5) is 4.79 Å². The van der Waals surface area contributed by atoms with Gasteiger partial charge < -0.3 is 19.7 Å². The summed E-state index contributed by atoms with van der Waals surface area (Å²) in [4.78, 5) is 27.4. The van der Waals surface area contributed by atoms with Crippen molar-refractivity contribution in [2.24, 2.45) is 5.92 Å². The maximum atomic E-state index is 12.1. The fourth-order valence-electron chi connectivity index (χ4n) is 3.32. The van der Waals surface area contributed by atoms with Gasteiger partial charge in [-0.1, -0.05) is 0 Å². The van der Waals surface area contributed by atoms with E-state index in [1.54, 1.807) is 0 Å². The molecule has 7 nitrogen and oxygen atoms in total. The first-order valence-electron chi connectivity index (χ1n) is 9.29. The fourth-order valence-corrected chi connectivity index (χ4v) is 3.32. The third-order valence-electron chi connectivity index (χ3n) is 4.58. The lowest BCUT2D eigenvalue weighted by molar-refractivity contribution is -0.120. The summed E-state index contributed by atoms with van der Waals surface area (Å²) >= 11 is 0. The van der Waals surface area contributed by atoms with Crippen molar-refractivity contribution in [2.45, 2.75) is 52.2 Å². The molecule has 25 heavy (non-hydrogen) atoms. The third-order valence-corrected chi connectivity index (χ3v) is 4.58. The quantitative estimate of drug-likeness (QED) is 0.827. The predicted octanol–water partition coefficient (Wildman–Crippen LogP) is 1.47. The maximum absolute atomic E-state index is 12.1. The Morgan fingerprint density at radius 2 is 1.88 bits per heavy atom. The number of carbonyl (C=O) groups excluding carboxylic acids is 2. The molecule has 0 bridgehead atoms. The first-order chi connectivity index (χ1) is 11.7. The standard InChI is InChI=1S/C18H33N3O4/c1-14(22)19-11-16-13-20(9-10-24-16)12-15-5-7-21(8-6-15)17(23)25-18(2,3)4/h15-16H,5-13H2,1-4H3,(H,19,22). The molecule has 0 radical (unpaired) electrons. The van der Waals surface area contributed by atoms with Gasteiger partial charge in [0, 0.05) is 46.2 Å². The summed E-state index contributed by atoms with van der Waals surface area (Å²) in [7, 11) is 0. The summed E-state index contributed by atoms with van der Waals surface area (Å²) in [5.41, 5.74) is -0.440. The molecule has 1 N–H and O–H groups in total. The third kappa shape index (κ3) is 7.20. The van der Waals surface area contributed by atoms with Gasteiger partial charge in [-0.05, 0) is 39.5 Å². The van der Waals surface area contributed by atoms with E-state index in [9.17, 15) is 9.59 Å². The number of rotatable bonds is 4. The predicted molar refractivity (Wildman–Crippen MR) is 95.4 cm³/mol. The highest BCUT2D eigenvalue weighted by molar-refractivity contribution is 5.72. The second kappa shape index (κ2) is 8.85. The number of ether oxygens (including phenoxy) is 2. The molecule has 1 atom stereocenters. The van der Waals surface area contributed by atoms with Crippen molar-refractivity contribution in [3.8, 4) is 0 Å². The molecule has 2 saturated heterocycles. The van der Waals surface area contributed by atoms with Crippen LogP contribution in [0.3, 0.4) is 0 Å². The topological polar surface area (TPSA) is 71.1 Å². The normalized spacial score (nSPS) is 23.4. The van der Waals surface area contributed by atoms with Gasteiger partial charge in [0.1, 0.15) is 5.60 Å². The van der Waals surface area contributed by atoms with Crippen molar-refractivity contribution < 1.29 is 19.1 Å². The number of nitrogens with zero attached hydrogens (tertiary/aromatic N) is 2. The first-order valence-corrected chi connectivity index (χ1v) is 9.29. The Balaban J connectivity index is 1.70. The van der Waals surface area contributed by atoms with Crippen molar-refractivity contribution in [1.82, 2.24) is 15.1 Å². The van der Waals surface area contributed by atoms with E-state index < -0.39 is 5.60 Å². The van der Waals surface area contributed by atoms with Crippen molar-refractivity contribution in [1.29, 1.82) is 0 Å². The minimum Gasteiger partial charge on any atom is -0.444 e. The first kappa shape index (κ1) is 20.0. The van der Waals surface area contributed by atoms with Gasteiger partial charge in [0.15, 0.2) is 0 Å². The number of hydrogen-bond donors (Lipinski definition) is 1. The second-order valence-electron chi connectivity index (χ2n) is 8.10. The molecule has 0 aromatic heterocycles. The van der Waals surface area contributed by atoms with E-state index in [0.29, 0.717) is 19.1 Å². The van der Waals surface area contributed by atoms with Crippen LogP contribution >= 0.6 is 0 Å². The molecule has 1 unspecified atom stereocenters. The molecule has 0 saturated carbocycles. The van der Waals surface area contributed by atoms with Crippen molar-refractivity contribution in [2.75, 3.05) is 45.9 Å². The van der Waals surface area contributed by atoms with Crippen LogP contribution in [-0.2, 0) is 14.3 Å². The van der Waals surface area contributed by atoms with E-state index in [-0.39, 0.29) is 18.1 Å². The second-order valence-corrected chi connectivity index (χ2v) is 8.10. The highest BCUT2D eigenvalue weighted by atomic mass is 16.6. The minimum absolute atomic E-state index is 0.0183. The van der Waals surface area contributed by atoms with Gasteiger partial charge in [0.25, 0.3) is 0 Å². The van der Waals surface area contributed by atoms with Crippen molar-refractivity contribution in [3.63, 3.8) is 0 Å². The molecule has 144 valence electrons. The van der Waals surface area contributed by atoms with Gasteiger partial charge in [-0.3, -0.25) is 9.69 Å². The van der Waals surface area contributed by atoms with Crippen LogP contribution in [0.2, 0.25) is 0 Å². The van der Waals surface area contributed by atoms with Gasteiger partial charge in [0.05, 0.1) is 12.7 Å². The van der Waals surface area contributed by atoms with Crippen molar-refractivity contribution >= 4 is 12.0 Å². The Hall–Kier alpha value is -1.34. The molecule has 2 aliphatic rings. The highest BCUT2D eigenvalue weighted by Gasteiger charge is 2.29. The highest BCUT2D eigenvalue weighted by Crippen LogP contribution is 2.21. The van der Waals surface area contributed by atoms with Crippen LogP contribution in [0, 0.1) is 5.92 Å². The summed E-state index contributed by atoms with van der Waals surface area (Å²) in [6.07, 6.45) is 1.88.